The molecule has 1 aromatic heterocycles. The molecule has 0 aromatic carbocycles. The van der Waals surface area contributed by atoms with E-state index in [0.29, 0.717) is 18.8 Å². The minimum absolute atomic E-state index is 0.431. The fourth-order valence-electron chi connectivity index (χ4n) is 1.18. The van der Waals surface area contributed by atoms with Gasteiger partial charge in [0.2, 0.25) is 0 Å². The Morgan fingerprint density at radius 1 is 1.60 bits per heavy atom. The average molecular weight is 205 g/mol. The highest BCUT2D eigenvalue weighted by Crippen LogP contribution is 2.04. The standard InChI is InChI=1S/C11H15N3O/c1-11(2,15)8-13-7-9-4-3-5-14-10(9)6-12/h3-5,13,15H,7-8H2,1-2H3. The zero-order valence-corrected chi connectivity index (χ0v) is 8.99. The molecule has 0 atom stereocenters. The van der Waals surface area contributed by atoms with E-state index in [1.165, 1.54) is 0 Å². The van der Waals surface area contributed by atoms with Crippen molar-refractivity contribution < 1.29 is 5.11 Å². The molecule has 0 aliphatic carbocycles. The van der Waals surface area contributed by atoms with Crippen LogP contribution in [0.2, 0.25) is 0 Å². The predicted octanol–water partition coefficient (Wildman–Crippen LogP) is 0.814. The average Bonchev–Trinajstić information content (AvgIpc) is 2.16. The Labute approximate surface area is 89.6 Å². The van der Waals surface area contributed by atoms with E-state index in [-0.39, 0.29) is 0 Å². The normalized spacial score (nSPS) is 11.1. The Bertz CT molecular complexity index is 363. The van der Waals surface area contributed by atoms with Crippen LogP contribution in [0.3, 0.4) is 0 Å². The van der Waals surface area contributed by atoms with Crippen molar-refractivity contribution in [1.82, 2.24) is 10.3 Å². The number of rotatable bonds is 4. The first-order valence-electron chi connectivity index (χ1n) is 4.80. The molecule has 80 valence electrons. The summed E-state index contributed by atoms with van der Waals surface area (Å²) in [7, 11) is 0. The van der Waals surface area contributed by atoms with Gasteiger partial charge in [0, 0.05) is 24.8 Å². The van der Waals surface area contributed by atoms with Gasteiger partial charge in [-0.15, -0.1) is 0 Å². The molecule has 1 aromatic rings. The second-order valence-corrected chi connectivity index (χ2v) is 4.04. The molecule has 1 heterocycles. The second kappa shape index (κ2) is 4.87. The summed E-state index contributed by atoms with van der Waals surface area (Å²) in [4.78, 5) is 3.95. The van der Waals surface area contributed by atoms with Gasteiger partial charge in [-0.3, -0.25) is 0 Å². The molecule has 0 aliphatic rings. The van der Waals surface area contributed by atoms with Gasteiger partial charge in [0.15, 0.2) is 0 Å². The van der Waals surface area contributed by atoms with Gasteiger partial charge in [0.25, 0.3) is 0 Å². The number of nitrogens with one attached hydrogen (secondary N) is 1. The van der Waals surface area contributed by atoms with E-state index >= 15 is 0 Å². The van der Waals surface area contributed by atoms with Gasteiger partial charge < -0.3 is 10.4 Å². The third-order valence-electron chi connectivity index (χ3n) is 1.87. The van der Waals surface area contributed by atoms with Crippen molar-refractivity contribution in [2.45, 2.75) is 26.0 Å². The van der Waals surface area contributed by atoms with Crippen LogP contribution in [0.1, 0.15) is 25.1 Å². The minimum Gasteiger partial charge on any atom is -0.389 e. The Balaban J connectivity index is 2.55. The molecule has 0 saturated carbocycles. The molecule has 4 heteroatoms. The number of aliphatic hydroxyl groups is 1. The lowest BCUT2D eigenvalue weighted by Gasteiger charge is -2.17. The Morgan fingerprint density at radius 3 is 2.93 bits per heavy atom. The summed E-state index contributed by atoms with van der Waals surface area (Å²) < 4.78 is 0. The van der Waals surface area contributed by atoms with Gasteiger partial charge in [-0.25, -0.2) is 4.98 Å². The Kier molecular flexibility index (Phi) is 3.78. The van der Waals surface area contributed by atoms with Gasteiger partial charge in [0.05, 0.1) is 5.60 Å². The van der Waals surface area contributed by atoms with E-state index in [0.717, 1.165) is 5.56 Å². The molecule has 0 bridgehead atoms. The molecule has 0 spiro atoms. The zero-order valence-electron chi connectivity index (χ0n) is 8.99. The maximum absolute atomic E-state index is 9.48. The van der Waals surface area contributed by atoms with Crippen LogP contribution < -0.4 is 5.32 Å². The molecule has 0 unspecified atom stereocenters. The SMILES string of the molecule is CC(C)(O)CNCc1cccnc1C#N. The number of hydrogen-bond donors (Lipinski definition) is 2. The monoisotopic (exact) mass is 205 g/mol. The lowest BCUT2D eigenvalue weighted by Crippen LogP contribution is -2.34. The summed E-state index contributed by atoms with van der Waals surface area (Å²) in [6, 6.07) is 5.67. The lowest BCUT2D eigenvalue weighted by atomic mass is 10.1. The molecule has 0 saturated heterocycles. The van der Waals surface area contributed by atoms with Crippen molar-refractivity contribution >= 4 is 0 Å². The van der Waals surface area contributed by atoms with Crippen molar-refractivity contribution in [3.05, 3.63) is 29.6 Å². The smallest absolute Gasteiger partial charge is 0.144 e. The molecule has 1 rings (SSSR count). The van der Waals surface area contributed by atoms with E-state index in [1.54, 1.807) is 26.1 Å². The van der Waals surface area contributed by atoms with Crippen LogP contribution in [-0.4, -0.2) is 22.2 Å². The van der Waals surface area contributed by atoms with Crippen LogP contribution in [0.15, 0.2) is 18.3 Å². The predicted molar refractivity (Wildman–Crippen MR) is 57.0 cm³/mol. The van der Waals surface area contributed by atoms with Gasteiger partial charge in [0.1, 0.15) is 11.8 Å². The molecular formula is C11H15N3O. The van der Waals surface area contributed by atoms with Crippen LogP contribution in [0, 0.1) is 11.3 Å². The summed E-state index contributed by atoms with van der Waals surface area (Å²) in [6.07, 6.45) is 1.60. The fourth-order valence-corrected chi connectivity index (χ4v) is 1.18. The zero-order chi connectivity index (χ0) is 11.3. The molecule has 0 amide bonds. The van der Waals surface area contributed by atoms with E-state index in [2.05, 4.69) is 10.3 Å². The van der Waals surface area contributed by atoms with Crippen LogP contribution in [0.5, 0.6) is 0 Å². The van der Waals surface area contributed by atoms with Gasteiger partial charge in [-0.1, -0.05) is 6.07 Å². The molecule has 2 N–H and O–H groups in total. The first kappa shape index (κ1) is 11.6. The minimum atomic E-state index is -0.741. The van der Waals surface area contributed by atoms with Crippen molar-refractivity contribution in [2.75, 3.05) is 6.54 Å². The quantitative estimate of drug-likeness (QED) is 0.763. The van der Waals surface area contributed by atoms with Crippen molar-refractivity contribution in [1.29, 1.82) is 5.26 Å². The van der Waals surface area contributed by atoms with E-state index in [1.807, 2.05) is 12.1 Å². The highest BCUT2D eigenvalue weighted by molar-refractivity contribution is 5.30. The maximum atomic E-state index is 9.48. The molecule has 0 fully saturated rings. The maximum Gasteiger partial charge on any atom is 0.144 e. The molecule has 0 aliphatic heterocycles. The largest absolute Gasteiger partial charge is 0.389 e. The van der Waals surface area contributed by atoms with E-state index < -0.39 is 5.60 Å². The lowest BCUT2D eigenvalue weighted by molar-refractivity contribution is 0.0795. The summed E-state index contributed by atoms with van der Waals surface area (Å²) >= 11 is 0. The summed E-state index contributed by atoms with van der Waals surface area (Å²) in [5.41, 5.74) is 0.541. The molecule has 4 nitrogen and oxygen atoms in total. The van der Waals surface area contributed by atoms with Gasteiger partial charge in [-0.05, 0) is 19.9 Å². The van der Waals surface area contributed by atoms with Crippen molar-refractivity contribution in [2.24, 2.45) is 0 Å². The second-order valence-electron chi connectivity index (χ2n) is 4.04. The van der Waals surface area contributed by atoms with Gasteiger partial charge >= 0.3 is 0 Å². The summed E-state index contributed by atoms with van der Waals surface area (Å²) in [6.45, 7) is 4.48. The fraction of sp³-hybridized carbons (Fsp3) is 0.455. The van der Waals surface area contributed by atoms with Crippen LogP contribution in [-0.2, 0) is 6.54 Å². The van der Waals surface area contributed by atoms with E-state index in [4.69, 9.17) is 5.26 Å². The number of pyridine rings is 1. The number of hydrogen-bond acceptors (Lipinski definition) is 4. The topological polar surface area (TPSA) is 68.9 Å². The summed E-state index contributed by atoms with van der Waals surface area (Å²) in [5, 5.41) is 21.3. The van der Waals surface area contributed by atoms with Crippen LogP contribution in [0.25, 0.3) is 0 Å². The molecule has 0 radical (unpaired) electrons. The Morgan fingerprint density at radius 2 is 2.33 bits per heavy atom. The van der Waals surface area contributed by atoms with Crippen molar-refractivity contribution in [3.8, 4) is 6.07 Å². The van der Waals surface area contributed by atoms with Crippen LogP contribution >= 0.6 is 0 Å². The van der Waals surface area contributed by atoms with Gasteiger partial charge in [-0.2, -0.15) is 5.26 Å². The highest BCUT2D eigenvalue weighted by Gasteiger charge is 2.11. The third-order valence-corrected chi connectivity index (χ3v) is 1.87. The molecular weight excluding hydrogens is 190 g/mol. The number of nitriles is 1. The Hall–Kier alpha value is -1.44. The van der Waals surface area contributed by atoms with Crippen molar-refractivity contribution in [3.63, 3.8) is 0 Å². The molecule has 15 heavy (non-hydrogen) atoms. The number of nitrogens with zero attached hydrogens (tertiary/aromatic N) is 2. The first-order valence-corrected chi connectivity index (χ1v) is 4.80. The third kappa shape index (κ3) is 4.07. The summed E-state index contributed by atoms with van der Waals surface area (Å²) in [5.74, 6) is 0. The number of aromatic nitrogens is 1. The first-order chi connectivity index (χ1) is 7.03. The highest BCUT2D eigenvalue weighted by atomic mass is 16.3. The van der Waals surface area contributed by atoms with Crippen LogP contribution in [0.4, 0.5) is 0 Å². The van der Waals surface area contributed by atoms with E-state index in [9.17, 15) is 5.11 Å².